The molecule has 2 heterocycles. The number of aromatic nitrogens is 2. The zero-order valence-electron chi connectivity index (χ0n) is 12.9. The normalized spacial score (nSPS) is 14.3. The summed E-state index contributed by atoms with van der Waals surface area (Å²) in [6.07, 6.45) is 3.67. The van der Waals surface area contributed by atoms with Crippen molar-refractivity contribution in [3.63, 3.8) is 0 Å². The van der Waals surface area contributed by atoms with E-state index in [9.17, 15) is 9.59 Å². The van der Waals surface area contributed by atoms with Gasteiger partial charge in [0.1, 0.15) is 6.54 Å². The van der Waals surface area contributed by atoms with Crippen molar-refractivity contribution in [1.82, 2.24) is 19.6 Å². The predicted molar refractivity (Wildman–Crippen MR) is 89.1 cm³/mol. The Hall–Kier alpha value is -2.28. The monoisotopic (exact) mass is 330 g/mol. The molecule has 1 aliphatic rings. The molecular weight excluding hydrogens is 312 g/mol. The summed E-state index contributed by atoms with van der Waals surface area (Å²) in [5.74, 6) is 1.05. The highest BCUT2D eigenvalue weighted by atomic mass is 32.2. The van der Waals surface area contributed by atoms with E-state index >= 15 is 0 Å². The third kappa shape index (κ3) is 3.73. The van der Waals surface area contributed by atoms with Gasteiger partial charge in [0.25, 0.3) is 0 Å². The number of carbonyl (C=O) groups excluding carboxylic acids is 2. The van der Waals surface area contributed by atoms with Crippen LogP contribution in [0.25, 0.3) is 5.69 Å². The molecule has 1 saturated heterocycles. The molecule has 1 fully saturated rings. The Morgan fingerprint density at radius 2 is 2.13 bits per heavy atom. The molecule has 1 aliphatic heterocycles. The Labute approximate surface area is 139 Å². The van der Waals surface area contributed by atoms with E-state index in [4.69, 9.17) is 0 Å². The average Bonchev–Trinajstić information content (AvgIpc) is 3.18. The number of benzene rings is 1. The molecule has 0 saturated carbocycles. The Bertz CT molecular complexity index is 701. The number of hydrogen-bond acceptors (Lipinski definition) is 4. The molecule has 0 aliphatic carbocycles. The van der Waals surface area contributed by atoms with Crippen LogP contribution in [-0.4, -0.2) is 56.6 Å². The number of hydrogen-bond donors (Lipinski definition) is 0. The maximum Gasteiger partial charge on any atom is 0.242 e. The SMILES string of the molecule is CN(Cc1cnn(-c2ccccc2)c1)C(=O)CN1CSCC1=O. The largest absolute Gasteiger partial charge is 0.340 e. The first-order valence-corrected chi connectivity index (χ1v) is 8.47. The van der Waals surface area contributed by atoms with Gasteiger partial charge in [-0.2, -0.15) is 5.10 Å². The summed E-state index contributed by atoms with van der Waals surface area (Å²) in [6.45, 7) is 0.621. The van der Waals surface area contributed by atoms with Gasteiger partial charge in [0.05, 0.1) is 23.5 Å². The molecule has 3 rings (SSSR count). The molecule has 120 valence electrons. The minimum Gasteiger partial charge on any atom is -0.340 e. The first-order chi connectivity index (χ1) is 11.1. The summed E-state index contributed by atoms with van der Waals surface area (Å²) in [6, 6.07) is 9.82. The van der Waals surface area contributed by atoms with Crippen LogP contribution in [0.5, 0.6) is 0 Å². The standard InChI is InChI=1S/C16H18N4O2S/c1-18(15(21)10-19-12-23-11-16(19)22)8-13-7-17-20(9-13)14-5-3-2-4-6-14/h2-7,9H,8,10-12H2,1H3. The molecule has 7 heteroatoms. The van der Waals surface area contributed by atoms with Gasteiger partial charge in [0.15, 0.2) is 0 Å². The second-order valence-corrected chi connectivity index (χ2v) is 6.40. The van der Waals surface area contributed by atoms with Crippen LogP contribution in [0.15, 0.2) is 42.7 Å². The number of likely N-dealkylation sites (N-methyl/N-ethyl adjacent to an activating group) is 1. The smallest absolute Gasteiger partial charge is 0.242 e. The van der Waals surface area contributed by atoms with E-state index in [0.29, 0.717) is 18.2 Å². The van der Waals surface area contributed by atoms with Crippen molar-refractivity contribution in [1.29, 1.82) is 0 Å². The van der Waals surface area contributed by atoms with E-state index in [-0.39, 0.29) is 18.4 Å². The van der Waals surface area contributed by atoms with Crippen molar-refractivity contribution in [2.45, 2.75) is 6.54 Å². The van der Waals surface area contributed by atoms with Crippen LogP contribution in [0.2, 0.25) is 0 Å². The third-order valence-electron chi connectivity index (χ3n) is 3.65. The van der Waals surface area contributed by atoms with E-state index in [1.807, 2.05) is 36.5 Å². The molecule has 23 heavy (non-hydrogen) atoms. The molecule has 0 unspecified atom stereocenters. The lowest BCUT2D eigenvalue weighted by molar-refractivity contribution is -0.137. The lowest BCUT2D eigenvalue weighted by atomic mass is 10.3. The number of para-hydroxylation sites is 1. The van der Waals surface area contributed by atoms with Crippen molar-refractivity contribution < 1.29 is 9.59 Å². The Morgan fingerprint density at radius 1 is 1.35 bits per heavy atom. The molecule has 1 aromatic carbocycles. The predicted octanol–water partition coefficient (Wildman–Crippen LogP) is 1.36. The Balaban J connectivity index is 1.59. The summed E-state index contributed by atoms with van der Waals surface area (Å²) in [5.41, 5.74) is 1.93. The molecular formula is C16H18N4O2S. The van der Waals surface area contributed by atoms with Crippen LogP contribution in [0.4, 0.5) is 0 Å². The third-order valence-corrected chi connectivity index (χ3v) is 4.60. The molecule has 0 spiro atoms. The van der Waals surface area contributed by atoms with Crippen molar-refractivity contribution >= 4 is 23.6 Å². The van der Waals surface area contributed by atoms with Gasteiger partial charge < -0.3 is 9.80 Å². The number of amides is 2. The van der Waals surface area contributed by atoms with Crippen molar-refractivity contribution in [2.24, 2.45) is 0 Å². The van der Waals surface area contributed by atoms with Gasteiger partial charge >= 0.3 is 0 Å². The zero-order valence-corrected chi connectivity index (χ0v) is 13.7. The fourth-order valence-corrected chi connectivity index (χ4v) is 3.25. The lowest BCUT2D eigenvalue weighted by Crippen LogP contribution is -2.38. The van der Waals surface area contributed by atoms with Gasteiger partial charge in [0.2, 0.25) is 11.8 Å². The number of thioether (sulfide) groups is 1. The fourth-order valence-electron chi connectivity index (χ4n) is 2.35. The highest BCUT2D eigenvalue weighted by Crippen LogP contribution is 2.15. The molecule has 0 N–H and O–H groups in total. The number of carbonyl (C=O) groups is 2. The van der Waals surface area contributed by atoms with Crippen LogP contribution in [0.1, 0.15) is 5.56 Å². The van der Waals surface area contributed by atoms with E-state index in [1.54, 1.807) is 39.5 Å². The van der Waals surface area contributed by atoms with E-state index in [1.165, 1.54) is 0 Å². The second-order valence-electron chi connectivity index (χ2n) is 5.45. The van der Waals surface area contributed by atoms with Crippen LogP contribution < -0.4 is 0 Å². The first-order valence-electron chi connectivity index (χ1n) is 7.32. The summed E-state index contributed by atoms with van der Waals surface area (Å²) in [5, 5.41) is 4.33. The second kappa shape index (κ2) is 6.87. The quantitative estimate of drug-likeness (QED) is 0.831. The van der Waals surface area contributed by atoms with Crippen molar-refractivity contribution in [3.05, 3.63) is 48.3 Å². The Morgan fingerprint density at radius 3 is 2.83 bits per heavy atom. The van der Waals surface area contributed by atoms with Crippen molar-refractivity contribution in [3.8, 4) is 5.69 Å². The van der Waals surface area contributed by atoms with Gasteiger partial charge in [-0.1, -0.05) is 18.2 Å². The van der Waals surface area contributed by atoms with Crippen molar-refractivity contribution in [2.75, 3.05) is 25.2 Å². The summed E-state index contributed by atoms with van der Waals surface area (Å²) >= 11 is 1.54. The maximum absolute atomic E-state index is 12.2. The van der Waals surface area contributed by atoms with Crippen LogP contribution in [-0.2, 0) is 16.1 Å². The van der Waals surface area contributed by atoms with Crippen LogP contribution in [0, 0.1) is 0 Å². The highest BCUT2D eigenvalue weighted by Gasteiger charge is 2.24. The number of rotatable bonds is 5. The average molecular weight is 330 g/mol. The maximum atomic E-state index is 12.2. The minimum absolute atomic E-state index is 0.0358. The minimum atomic E-state index is -0.0617. The molecule has 2 aromatic rings. The van der Waals surface area contributed by atoms with E-state index in [2.05, 4.69) is 5.10 Å². The van der Waals surface area contributed by atoms with Crippen LogP contribution in [0.3, 0.4) is 0 Å². The lowest BCUT2D eigenvalue weighted by Gasteiger charge is -2.20. The fraction of sp³-hybridized carbons (Fsp3) is 0.312. The molecule has 0 bridgehead atoms. The highest BCUT2D eigenvalue weighted by molar-refractivity contribution is 8.00. The topological polar surface area (TPSA) is 58.4 Å². The molecule has 2 amide bonds. The molecule has 1 aromatic heterocycles. The first kappa shape index (κ1) is 15.6. The van der Waals surface area contributed by atoms with Gasteiger partial charge in [-0.15, -0.1) is 11.8 Å². The summed E-state index contributed by atoms with van der Waals surface area (Å²) in [4.78, 5) is 27.0. The van der Waals surface area contributed by atoms with Gasteiger partial charge in [-0.25, -0.2) is 4.68 Å². The van der Waals surface area contributed by atoms with Gasteiger partial charge in [0, 0.05) is 25.4 Å². The van der Waals surface area contributed by atoms with Gasteiger partial charge in [-0.3, -0.25) is 9.59 Å². The zero-order chi connectivity index (χ0) is 16.2. The summed E-state index contributed by atoms with van der Waals surface area (Å²) < 4.78 is 1.79. The Kier molecular flexibility index (Phi) is 4.66. The van der Waals surface area contributed by atoms with Crippen LogP contribution >= 0.6 is 11.8 Å². The molecule has 0 atom stereocenters. The summed E-state index contributed by atoms with van der Waals surface area (Å²) in [7, 11) is 1.75. The van der Waals surface area contributed by atoms with Gasteiger partial charge in [-0.05, 0) is 12.1 Å². The van der Waals surface area contributed by atoms with E-state index < -0.39 is 0 Å². The van der Waals surface area contributed by atoms with E-state index in [0.717, 1.165) is 11.3 Å². The molecule has 6 nitrogen and oxygen atoms in total. The molecule has 0 radical (unpaired) electrons. The number of nitrogens with zero attached hydrogens (tertiary/aromatic N) is 4.